The van der Waals surface area contributed by atoms with E-state index in [4.69, 9.17) is 9.52 Å². The van der Waals surface area contributed by atoms with Gasteiger partial charge in [-0.25, -0.2) is 0 Å². The Balaban J connectivity index is 2.21. The molecule has 0 aliphatic carbocycles. The molecule has 3 N–H and O–H groups in total. The number of hydrogen-bond acceptors (Lipinski definition) is 4. The fourth-order valence-corrected chi connectivity index (χ4v) is 1.81. The van der Waals surface area contributed by atoms with Crippen molar-refractivity contribution in [3.05, 3.63) is 23.7 Å². The molecule has 0 radical (unpaired) electrons. The molecular weight excluding hydrogens is 196 g/mol. The average molecular weight is 210 g/mol. The smallest absolute Gasteiger partial charge is 0.322 e. The van der Waals surface area contributed by atoms with Crippen molar-refractivity contribution in [2.45, 2.75) is 19.0 Å². The SMILES string of the molecule is Cc1ccc(C2NCCNC2C(=O)O)o1. The molecule has 0 spiro atoms. The van der Waals surface area contributed by atoms with Gasteiger partial charge in [-0.1, -0.05) is 0 Å². The molecule has 15 heavy (non-hydrogen) atoms. The minimum atomic E-state index is -0.860. The summed E-state index contributed by atoms with van der Waals surface area (Å²) in [5.41, 5.74) is 0. The van der Waals surface area contributed by atoms with Gasteiger partial charge in [-0.3, -0.25) is 4.79 Å². The predicted octanol–water partition coefficient (Wildman–Crippen LogP) is 0.275. The first kappa shape index (κ1) is 10.2. The summed E-state index contributed by atoms with van der Waals surface area (Å²) in [5.74, 6) is 0.606. The zero-order valence-corrected chi connectivity index (χ0v) is 8.49. The van der Waals surface area contributed by atoms with Crippen LogP contribution in [0.4, 0.5) is 0 Å². The largest absolute Gasteiger partial charge is 0.480 e. The Morgan fingerprint density at radius 1 is 1.47 bits per heavy atom. The van der Waals surface area contributed by atoms with Crippen molar-refractivity contribution in [2.24, 2.45) is 0 Å². The molecule has 2 atom stereocenters. The zero-order valence-electron chi connectivity index (χ0n) is 8.49. The first-order chi connectivity index (χ1) is 7.18. The molecule has 1 saturated heterocycles. The fraction of sp³-hybridized carbons (Fsp3) is 0.500. The van der Waals surface area contributed by atoms with Crippen molar-refractivity contribution >= 4 is 5.97 Å². The number of piperazine rings is 1. The van der Waals surface area contributed by atoms with Crippen molar-refractivity contribution in [3.63, 3.8) is 0 Å². The Morgan fingerprint density at radius 3 is 2.80 bits per heavy atom. The van der Waals surface area contributed by atoms with Gasteiger partial charge in [-0.2, -0.15) is 0 Å². The highest BCUT2D eigenvalue weighted by molar-refractivity contribution is 5.74. The second-order valence-electron chi connectivity index (χ2n) is 3.65. The lowest BCUT2D eigenvalue weighted by Gasteiger charge is -2.29. The van der Waals surface area contributed by atoms with Crippen LogP contribution >= 0.6 is 0 Å². The molecule has 2 rings (SSSR count). The molecule has 82 valence electrons. The van der Waals surface area contributed by atoms with Crippen LogP contribution in [-0.2, 0) is 4.79 Å². The van der Waals surface area contributed by atoms with Gasteiger partial charge in [0.05, 0.1) is 6.04 Å². The molecule has 1 aliphatic rings. The lowest BCUT2D eigenvalue weighted by Crippen LogP contribution is -2.54. The summed E-state index contributed by atoms with van der Waals surface area (Å²) in [5, 5.41) is 15.1. The predicted molar refractivity (Wildman–Crippen MR) is 53.6 cm³/mol. The molecule has 1 aliphatic heterocycles. The molecule has 2 unspecified atom stereocenters. The maximum absolute atomic E-state index is 11.0. The zero-order chi connectivity index (χ0) is 10.8. The van der Waals surface area contributed by atoms with Crippen molar-refractivity contribution in [1.29, 1.82) is 0 Å². The first-order valence-corrected chi connectivity index (χ1v) is 4.94. The normalized spacial score (nSPS) is 26.5. The van der Waals surface area contributed by atoms with Crippen LogP contribution < -0.4 is 10.6 Å². The van der Waals surface area contributed by atoms with E-state index in [-0.39, 0.29) is 6.04 Å². The number of rotatable bonds is 2. The topological polar surface area (TPSA) is 74.5 Å². The fourth-order valence-electron chi connectivity index (χ4n) is 1.81. The van der Waals surface area contributed by atoms with E-state index in [1.807, 2.05) is 19.1 Å². The summed E-state index contributed by atoms with van der Waals surface area (Å²) >= 11 is 0. The van der Waals surface area contributed by atoms with Crippen molar-refractivity contribution in [1.82, 2.24) is 10.6 Å². The molecule has 1 fully saturated rings. The maximum atomic E-state index is 11.0. The van der Waals surface area contributed by atoms with Crippen LogP contribution in [0.15, 0.2) is 16.5 Å². The van der Waals surface area contributed by atoms with Crippen molar-refractivity contribution < 1.29 is 14.3 Å². The number of carboxylic acids is 1. The van der Waals surface area contributed by atoms with E-state index in [2.05, 4.69) is 10.6 Å². The van der Waals surface area contributed by atoms with Crippen molar-refractivity contribution in [3.8, 4) is 0 Å². The van der Waals surface area contributed by atoms with Crippen LogP contribution in [0, 0.1) is 6.92 Å². The molecule has 0 aromatic carbocycles. The van der Waals surface area contributed by atoms with Gasteiger partial charge in [0.2, 0.25) is 0 Å². The Morgan fingerprint density at radius 2 is 2.20 bits per heavy atom. The number of hydrogen-bond donors (Lipinski definition) is 3. The van der Waals surface area contributed by atoms with Crippen LogP contribution in [0.2, 0.25) is 0 Å². The van der Waals surface area contributed by atoms with E-state index in [1.54, 1.807) is 0 Å². The third-order valence-corrected chi connectivity index (χ3v) is 2.52. The van der Waals surface area contributed by atoms with Crippen LogP contribution in [0.3, 0.4) is 0 Å². The molecule has 5 nitrogen and oxygen atoms in total. The van der Waals surface area contributed by atoms with E-state index in [9.17, 15) is 4.79 Å². The lowest BCUT2D eigenvalue weighted by atomic mass is 10.0. The second-order valence-corrected chi connectivity index (χ2v) is 3.65. The maximum Gasteiger partial charge on any atom is 0.322 e. The summed E-state index contributed by atoms with van der Waals surface area (Å²) < 4.78 is 5.44. The van der Waals surface area contributed by atoms with E-state index < -0.39 is 12.0 Å². The van der Waals surface area contributed by atoms with Gasteiger partial charge in [0.15, 0.2) is 0 Å². The summed E-state index contributed by atoms with van der Waals surface area (Å²) in [4.78, 5) is 11.0. The van der Waals surface area contributed by atoms with Crippen LogP contribution in [0.1, 0.15) is 17.6 Å². The highest BCUT2D eigenvalue weighted by Crippen LogP contribution is 2.21. The summed E-state index contributed by atoms with van der Waals surface area (Å²) in [6.07, 6.45) is 0. The standard InChI is InChI=1S/C10H14N2O3/c1-6-2-3-7(15-6)8-9(10(13)14)12-5-4-11-8/h2-3,8-9,11-12H,4-5H2,1H3,(H,13,14). The molecule has 0 saturated carbocycles. The van der Waals surface area contributed by atoms with Crippen LogP contribution in [-0.4, -0.2) is 30.2 Å². The second kappa shape index (κ2) is 4.04. The molecule has 1 aromatic heterocycles. The van der Waals surface area contributed by atoms with Gasteiger partial charge in [0.25, 0.3) is 0 Å². The number of aryl methyl sites for hydroxylation is 1. The number of carboxylic acid groups (broad SMARTS) is 1. The monoisotopic (exact) mass is 210 g/mol. The Labute approximate surface area is 87.5 Å². The molecule has 1 aromatic rings. The Kier molecular flexibility index (Phi) is 2.75. The van der Waals surface area contributed by atoms with Gasteiger partial charge in [-0.15, -0.1) is 0 Å². The number of furan rings is 1. The summed E-state index contributed by atoms with van der Waals surface area (Å²) in [6, 6.07) is 2.75. The number of aliphatic carboxylic acids is 1. The minimum absolute atomic E-state index is 0.287. The van der Waals surface area contributed by atoms with Crippen LogP contribution in [0.25, 0.3) is 0 Å². The van der Waals surface area contributed by atoms with Crippen LogP contribution in [0.5, 0.6) is 0 Å². The summed E-state index contributed by atoms with van der Waals surface area (Å²) in [6.45, 7) is 3.25. The molecule has 2 heterocycles. The van der Waals surface area contributed by atoms with E-state index in [0.717, 1.165) is 12.3 Å². The minimum Gasteiger partial charge on any atom is -0.480 e. The lowest BCUT2D eigenvalue weighted by molar-refractivity contribution is -0.141. The Bertz CT molecular complexity index is 361. The van der Waals surface area contributed by atoms with Gasteiger partial charge in [0, 0.05) is 13.1 Å². The molecular formula is C10H14N2O3. The molecule has 0 bridgehead atoms. The third kappa shape index (κ3) is 2.03. The summed E-state index contributed by atoms with van der Waals surface area (Å²) in [7, 11) is 0. The average Bonchev–Trinajstić information content (AvgIpc) is 2.65. The highest BCUT2D eigenvalue weighted by atomic mass is 16.4. The van der Waals surface area contributed by atoms with Gasteiger partial charge >= 0.3 is 5.97 Å². The van der Waals surface area contributed by atoms with Crippen molar-refractivity contribution in [2.75, 3.05) is 13.1 Å². The van der Waals surface area contributed by atoms with Gasteiger partial charge < -0.3 is 20.2 Å². The molecule has 5 heteroatoms. The van der Waals surface area contributed by atoms with E-state index >= 15 is 0 Å². The first-order valence-electron chi connectivity index (χ1n) is 4.94. The van der Waals surface area contributed by atoms with Gasteiger partial charge in [-0.05, 0) is 19.1 Å². The molecule has 0 amide bonds. The Hall–Kier alpha value is -1.33. The number of nitrogens with one attached hydrogen (secondary N) is 2. The quantitative estimate of drug-likeness (QED) is 0.653. The number of carbonyl (C=O) groups is 1. The third-order valence-electron chi connectivity index (χ3n) is 2.52. The van der Waals surface area contributed by atoms with E-state index in [0.29, 0.717) is 12.3 Å². The van der Waals surface area contributed by atoms with Gasteiger partial charge in [0.1, 0.15) is 17.6 Å². The van der Waals surface area contributed by atoms with E-state index in [1.165, 1.54) is 0 Å². The highest BCUT2D eigenvalue weighted by Gasteiger charge is 2.33.